The lowest BCUT2D eigenvalue weighted by Gasteiger charge is -2.46. The second-order valence-corrected chi connectivity index (χ2v) is 11.8. The molecule has 1 aromatic rings. The molecule has 0 bridgehead atoms. The van der Waals surface area contributed by atoms with Crippen LogP contribution in [0.2, 0.25) is 0 Å². The Bertz CT molecular complexity index is 1030. The van der Waals surface area contributed by atoms with Crippen molar-refractivity contribution >= 4 is 22.6 Å². The number of ether oxygens (including phenoxy) is 1. The first kappa shape index (κ1) is 30.9. The minimum Gasteiger partial charge on any atom is -0.481 e. The molecule has 0 aliphatic carbocycles. The van der Waals surface area contributed by atoms with E-state index in [0.717, 1.165) is 16.4 Å². The van der Waals surface area contributed by atoms with Crippen LogP contribution in [0.1, 0.15) is 71.9 Å². The van der Waals surface area contributed by atoms with E-state index in [2.05, 4.69) is 38.7 Å². The van der Waals surface area contributed by atoms with Crippen LogP contribution in [0.5, 0.6) is 5.75 Å². The van der Waals surface area contributed by atoms with Crippen LogP contribution < -0.4 is 4.74 Å². The number of aliphatic carboxylic acids is 1. The van der Waals surface area contributed by atoms with Gasteiger partial charge in [-0.1, -0.05) is 58.5 Å². The van der Waals surface area contributed by atoms with Crippen molar-refractivity contribution in [2.75, 3.05) is 19.6 Å². The standard InChI is InChI=1S/C29H40F2N2O3S/c1-7-9-26(24-12-21(15-32)10-11-25(24)36-28(30)31)37-23(8-2)17-33-16-22(20(5)6)14-29(18-33,27(34)35)13-19(3)4/h8-12,19-20,22,28H,7,13-14,16-18H2,1-6H3,(H,34,35)/b23-8-,26-9+. The smallest absolute Gasteiger partial charge is 0.387 e. The lowest BCUT2D eigenvalue weighted by Crippen LogP contribution is -2.53. The summed E-state index contributed by atoms with van der Waals surface area (Å²) < 4.78 is 31.0. The molecular formula is C29H40F2N2O3S. The Labute approximate surface area is 224 Å². The summed E-state index contributed by atoms with van der Waals surface area (Å²) in [6.45, 7) is 11.2. The molecule has 2 rings (SSSR count). The van der Waals surface area contributed by atoms with E-state index >= 15 is 0 Å². The van der Waals surface area contributed by atoms with Crippen molar-refractivity contribution in [1.82, 2.24) is 4.90 Å². The molecule has 0 radical (unpaired) electrons. The van der Waals surface area contributed by atoms with Crippen LogP contribution in [0.4, 0.5) is 8.78 Å². The number of alkyl halides is 2. The Morgan fingerprint density at radius 2 is 2.05 bits per heavy atom. The zero-order valence-corrected chi connectivity index (χ0v) is 23.6. The van der Waals surface area contributed by atoms with E-state index in [1.54, 1.807) is 6.07 Å². The third kappa shape index (κ3) is 8.58. The quantitative estimate of drug-likeness (QED) is 0.297. The van der Waals surface area contributed by atoms with Crippen LogP contribution in [-0.2, 0) is 4.79 Å². The molecule has 37 heavy (non-hydrogen) atoms. The molecule has 2 atom stereocenters. The van der Waals surface area contributed by atoms with Gasteiger partial charge < -0.3 is 9.84 Å². The molecule has 1 fully saturated rings. The maximum atomic E-state index is 13.1. The number of carboxylic acid groups (broad SMARTS) is 1. The summed E-state index contributed by atoms with van der Waals surface area (Å²) in [5.41, 5.74) is 0.00716. The summed E-state index contributed by atoms with van der Waals surface area (Å²) in [5.74, 6) is 0.167. The largest absolute Gasteiger partial charge is 0.481 e. The highest BCUT2D eigenvalue weighted by Crippen LogP contribution is 2.44. The minimum atomic E-state index is -2.98. The molecule has 1 heterocycles. The Balaban J connectivity index is 2.38. The first-order valence-corrected chi connectivity index (χ1v) is 13.7. The Morgan fingerprint density at radius 3 is 2.57 bits per heavy atom. The average Bonchev–Trinajstić information content (AvgIpc) is 2.82. The number of likely N-dealkylation sites (tertiary alicyclic amines) is 1. The summed E-state index contributed by atoms with van der Waals surface area (Å²) in [7, 11) is 0. The van der Waals surface area contributed by atoms with Crippen molar-refractivity contribution in [1.29, 1.82) is 5.26 Å². The van der Waals surface area contributed by atoms with Gasteiger partial charge in [0.05, 0.1) is 17.0 Å². The van der Waals surface area contributed by atoms with Gasteiger partial charge in [0, 0.05) is 30.1 Å². The molecule has 0 amide bonds. The summed E-state index contributed by atoms with van der Waals surface area (Å²) in [6.07, 6.45) is 5.88. The fourth-order valence-electron chi connectivity index (χ4n) is 5.12. The van der Waals surface area contributed by atoms with Crippen molar-refractivity contribution in [3.8, 4) is 11.8 Å². The third-order valence-electron chi connectivity index (χ3n) is 6.79. The van der Waals surface area contributed by atoms with Crippen molar-refractivity contribution in [3.63, 3.8) is 0 Å². The number of carboxylic acids is 1. The number of allylic oxidation sites excluding steroid dienone is 2. The van der Waals surface area contributed by atoms with Crippen LogP contribution in [0.25, 0.3) is 4.91 Å². The van der Waals surface area contributed by atoms with Gasteiger partial charge in [-0.3, -0.25) is 9.69 Å². The van der Waals surface area contributed by atoms with E-state index in [0.29, 0.717) is 49.4 Å². The zero-order chi connectivity index (χ0) is 27.8. The molecule has 1 saturated heterocycles. The van der Waals surface area contributed by atoms with Gasteiger partial charge in [-0.25, -0.2) is 0 Å². The van der Waals surface area contributed by atoms with Crippen LogP contribution in [-0.4, -0.2) is 42.2 Å². The molecule has 1 aliphatic heterocycles. The number of carbonyl (C=O) groups is 1. The maximum absolute atomic E-state index is 13.1. The van der Waals surface area contributed by atoms with E-state index in [-0.39, 0.29) is 17.6 Å². The van der Waals surface area contributed by atoms with E-state index in [4.69, 9.17) is 4.74 Å². The summed E-state index contributed by atoms with van der Waals surface area (Å²) >= 11 is 1.45. The predicted molar refractivity (Wildman–Crippen MR) is 146 cm³/mol. The number of piperidine rings is 1. The van der Waals surface area contributed by atoms with Crippen LogP contribution in [0.3, 0.4) is 0 Å². The van der Waals surface area contributed by atoms with Gasteiger partial charge in [-0.15, -0.1) is 0 Å². The van der Waals surface area contributed by atoms with Crippen molar-refractivity contribution in [3.05, 3.63) is 46.4 Å². The molecule has 1 aromatic carbocycles. The van der Waals surface area contributed by atoms with Crippen molar-refractivity contribution < 1.29 is 23.4 Å². The first-order chi connectivity index (χ1) is 17.4. The van der Waals surface area contributed by atoms with Gasteiger partial charge in [0.2, 0.25) is 0 Å². The monoisotopic (exact) mass is 534 g/mol. The van der Waals surface area contributed by atoms with Gasteiger partial charge in [0.25, 0.3) is 0 Å². The van der Waals surface area contributed by atoms with E-state index in [1.165, 1.54) is 23.9 Å². The molecule has 204 valence electrons. The van der Waals surface area contributed by atoms with Gasteiger partial charge in [-0.05, 0) is 67.0 Å². The molecule has 2 unspecified atom stereocenters. The highest BCUT2D eigenvalue weighted by Gasteiger charge is 2.46. The molecule has 1 aliphatic rings. The number of halogens is 2. The number of rotatable bonds is 12. The summed E-state index contributed by atoms with van der Waals surface area (Å²) in [5, 5.41) is 19.7. The van der Waals surface area contributed by atoms with Crippen LogP contribution in [0, 0.1) is 34.5 Å². The van der Waals surface area contributed by atoms with Gasteiger partial charge in [0.15, 0.2) is 0 Å². The van der Waals surface area contributed by atoms with Gasteiger partial charge in [0.1, 0.15) is 5.75 Å². The van der Waals surface area contributed by atoms with E-state index < -0.39 is 18.0 Å². The van der Waals surface area contributed by atoms with E-state index in [9.17, 15) is 23.9 Å². The van der Waals surface area contributed by atoms with Crippen LogP contribution in [0.15, 0.2) is 35.3 Å². The third-order valence-corrected chi connectivity index (χ3v) is 8.02. The molecule has 0 spiro atoms. The Kier molecular flexibility index (Phi) is 11.6. The molecule has 1 N–H and O–H groups in total. The number of hydrogen-bond donors (Lipinski definition) is 1. The number of nitriles is 1. The topological polar surface area (TPSA) is 73.6 Å². The van der Waals surface area contributed by atoms with Gasteiger partial charge in [-0.2, -0.15) is 14.0 Å². The maximum Gasteiger partial charge on any atom is 0.387 e. The SMILES string of the molecule is C/C=C(/CN1CC(C(C)C)CC(CC(C)C)(C(=O)O)C1)S/C(=C/CC)c1cc(C#N)ccc1OC(F)F. The van der Waals surface area contributed by atoms with Gasteiger partial charge >= 0.3 is 12.6 Å². The Morgan fingerprint density at radius 1 is 1.35 bits per heavy atom. The highest BCUT2D eigenvalue weighted by molar-refractivity contribution is 8.11. The van der Waals surface area contributed by atoms with Crippen LogP contribution >= 0.6 is 11.8 Å². The minimum absolute atomic E-state index is 0.0244. The number of thioether (sulfide) groups is 1. The fourth-order valence-corrected chi connectivity index (χ4v) is 6.29. The predicted octanol–water partition coefficient (Wildman–Crippen LogP) is 7.64. The second kappa shape index (κ2) is 14.0. The lowest BCUT2D eigenvalue weighted by molar-refractivity contribution is -0.156. The normalized spacial score (nSPS) is 21.5. The highest BCUT2D eigenvalue weighted by atomic mass is 32.2. The van der Waals surface area contributed by atoms with E-state index in [1.807, 2.05) is 26.0 Å². The first-order valence-electron chi connectivity index (χ1n) is 12.9. The summed E-state index contributed by atoms with van der Waals surface area (Å²) in [6, 6.07) is 6.52. The summed E-state index contributed by atoms with van der Waals surface area (Å²) in [4.78, 5) is 16.5. The fraction of sp³-hybridized carbons (Fsp3) is 0.586. The molecular weight excluding hydrogens is 494 g/mol. The zero-order valence-electron chi connectivity index (χ0n) is 22.8. The molecule has 5 nitrogen and oxygen atoms in total. The molecule has 0 saturated carbocycles. The second-order valence-electron chi connectivity index (χ2n) is 10.6. The van der Waals surface area contributed by atoms with Crippen molar-refractivity contribution in [2.24, 2.45) is 23.2 Å². The molecule has 8 heteroatoms. The number of benzene rings is 1. The van der Waals surface area contributed by atoms with Crippen molar-refractivity contribution in [2.45, 2.75) is 67.4 Å². The number of nitrogens with zero attached hydrogens (tertiary/aromatic N) is 2. The lowest BCUT2D eigenvalue weighted by atomic mass is 9.68. The number of hydrogen-bond acceptors (Lipinski definition) is 5. The average molecular weight is 535 g/mol. The molecule has 0 aromatic heterocycles. The Hall–Kier alpha value is -2.37.